The van der Waals surface area contributed by atoms with Crippen molar-refractivity contribution in [2.45, 2.75) is 19.8 Å². The molecule has 2 aliphatic rings. The van der Waals surface area contributed by atoms with Gasteiger partial charge in [-0.05, 0) is 13.3 Å². The Morgan fingerprint density at radius 1 is 1.54 bits per heavy atom. The van der Waals surface area contributed by atoms with Gasteiger partial charge in [-0.1, -0.05) is 0 Å². The van der Waals surface area contributed by atoms with Crippen molar-refractivity contribution < 1.29 is 9.59 Å². The summed E-state index contributed by atoms with van der Waals surface area (Å²) in [6.07, 6.45) is 1.24. The molecule has 1 atom stereocenters. The van der Waals surface area contributed by atoms with Crippen LogP contribution in [0.5, 0.6) is 0 Å². The molecule has 13 heavy (non-hydrogen) atoms. The zero-order valence-electron chi connectivity index (χ0n) is 7.80. The predicted molar refractivity (Wildman–Crippen MR) is 46.9 cm³/mol. The van der Waals surface area contributed by atoms with Crippen molar-refractivity contribution in [2.75, 3.05) is 19.6 Å². The van der Waals surface area contributed by atoms with Crippen LogP contribution in [-0.2, 0) is 9.59 Å². The molecule has 1 unspecified atom stereocenters. The van der Waals surface area contributed by atoms with E-state index in [0.717, 1.165) is 19.5 Å². The Labute approximate surface area is 77.3 Å². The van der Waals surface area contributed by atoms with E-state index in [4.69, 9.17) is 0 Å². The van der Waals surface area contributed by atoms with E-state index in [1.165, 1.54) is 0 Å². The number of amides is 2. The third kappa shape index (κ3) is 1.12. The highest BCUT2D eigenvalue weighted by Crippen LogP contribution is 2.36. The van der Waals surface area contributed by atoms with E-state index in [1.807, 2.05) is 11.8 Å². The van der Waals surface area contributed by atoms with E-state index >= 15 is 0 Å². The number of hydrogen-bond donors (Lipinski definition) is 1. The Bertz CT molecular complexity index is 264. The number of hydrogen-bond acceptors (Lipinski definition) is 2. The van der Waals surface area contributed by atoms with Gasteiger partial charge in [0.1, 0.15) is 0 Å². The van der Waals surface area contributed by atoms with Crippen LogP contribution in [0, 0.1) is 5.41 Å². The molecule has 1 spiro atoms. The van der Waals surface area contributed by atoms with Gasteiger partial charge in [-0.25, -0.2) is 0 Å². The highest BCUT2D eigenvalue weighted by atomic mass is 16.2. The molecule has 4 nitrogen and oxygen atoms in total. The van der Waals surface area contributed by atoms with Crippen molar-refractivity contribution in [3.8, 4) is 0 Å². The van der Waals surface area contributed by atoms with E-state index in [2.05, 4.69) is 5.32 Å². The third-order valence-electron chi connectivity index (χ3n) is 3.15. The van der Waals surface area contributed by atoms with Crippen LogP contribution in [0.15, 0.2) is 0 Å². The maximum atomic E-state index is 11.5. The second kappa shape index (κ2) is 2.72. The molecule has 0 bridgehead atoms. The lowest BCUT2D eigenvalue weighted by atomic mass is 9.72. The lowest BCUT2D eigenvalue weighted by molar-refractivity contribution is -0.153. The average molecular weight is 182 g/mol. The number of carbonyl (C=O) groups excluding carboxylic acids is 2. The van der Waals surface area contributed by atoms with E-state index in [-0.39, 0.29) is 17.2 Å². The van der Waals surface area contributed by atoms with Crippen LogP contribution < -0.4 is 5.32 Å². The molecule has 2 fully saturated rings. The third-order valence-corrected chi connectivity index (χ3v) is 3.15. The van der Waals surface area contributed by atoms with Crippen LogP contribution in [0.2, 0.25) is 0 Å². The van der Waals surface area contributed by atoms with Crippen LogP contribution in [0.25, 0.3) is 0 Å². The van der Waals surface area contributed by atoms with Gasteiger partial charge in [-0.15, -0.1) is 0 Å². The lowest BCUT2D eigenvalue weighted by Crippen LogP contribution is -2.63. The standard InChI is InChI=1S/C9H14N2O2/c1-2-11-4-3-9(5-7(11)12)6-10-8(9)13/h2-6H2,1H3,(H,10,13). The molecule has 2 aliphatic heterocycles. The van der Waals surface area contributed by atoms with Crippen LogP contribution in [-0.4, -0.2) is 36.3 Å². The molecule has 2 rings (SSSR count). The summed E-state index contributed by atoms with van der Waals surface area (Å²) in [4.78, 5) is 24.6. The number of nitrogens with one attached hydrogen (secondary N) is 1. The summed E-state index contributed by atoms with van der Waals surface area (Å²) < 4.78 is 0. The number of likely N-dealkylation sites (tertiary alicyclic amines) is 1. The second-order valence-corrected chi connectivity index (χ2v) is 3.86. The molecule has 72 valence electrons. The number of rotatable bonds is 1. The highest BCUT2D eigenvalue weighted by Gasteiger charge is 2.50. The molecule has 0 radical (unpaired) electrons. The fraction of sp³-hybridized carbons (Fsp3) is 0.778. The minimum absolute atomic E-state index is 0.0663. The summed E-state index contributed by atoms with van der Waals surface area (Å²) in [5.74, 6) is 0.195. The van der Waals surface area contributed by atoms with Gasteiger partial charge in [0.2, 0.25) is 11.8 Å². The van der Waals surface area contributed by atoms with Gasteiger partial charge >= 0.3 is 0 Å². The summed E-state index contributed by atoms with van der Waals surface area (Å²) in [7, 11) is 0. The van der Waals surface area contributed by atoms with Gasteiger partial charge in [-0.2, -0.15) is 0 Å². The molecule has 4 heteroatoms. The molecule has 2 amide bonds. The van der Waals surface area contributed by atoms with Crippen molar-refractivity contribution >= 4 is 11.8 Å². The summed E-state index contributed by atoms with van der Waals surface area (Å²) in [6.45, 7) is 4.16. The van der Waals surface area contributed by atoms with Crippen molar-refractivity contribution in [3.05, 3.63) is 0 Å². The Kier molecular flexibility index (Phi) is 1.78. The van der Waals surface area contributed by atoms with Crippen LogP contribution in [0.1, 0.15) is 19.8 Å². The van der Waals surface area contributed by atoms with Gasteiger partial charge in [0.15, 0.2) is 0 Å². The molecular formula is C9H14N2O2. The predicted octanol–water partition coefficient (Wildman–Crippen LogP) is -0.255. The monoisotopic (exact) mass is 182 g/mol. The Morgan fingerprint density at radius 3 is 2.69 bits per heavy atom. The van der Waals surface area contributed by atoms with Crippen LogP contribution >= 0.6 is 0 Å². The maximum Gasteiger partial charge on any atom is 0.228 e. The van der Waals surface area contributed by atoms with Crippen molar-refractivity contribution in [1.29, 1.82) is 0 Å². The number of β-lactam (4-membered cyclic amide) rings is 1. The fourth-order valence-electron chi connectivity index (χ4n) is 2.05. The fourth-order valence-corrected chi connectivity index (χ4v) is 2.05. The van der Waals surface area contributed by atoms with Crippen LogP contribution in [0.3, 0.4) is 0 Å². The molecule has 0 saturated carbocycles. The van der Waals surface area contributed by atoms with E-state index < -0.39 is 0 Å². The molecule has 0 aromatic heterocycles. The largest absolute Gasteiger partial charge is 0.354 e. The number of piperidine rings is 1. The van der Waals surface area contributed by atoms with Gasteiger partial charge in [0, 0.05) is 26.1 Å². The SMILES string of the molecule is CCN1CCC2(CNC2=O)CC1=O. The van der Waals surface area contributed by atoms with E-state index in [1.54, 1.807) is 0 Å². The highest BCUT2D eigenvalue weighted by molar-refractivity contribution is 5.94. The van der Waals surface area contributed by atoms with Crippen molar-refractivity contribution in [2.24, 2.45) is 5.41 Å². The summed E-state index contributed by atoms with van der Waals surface area (Å²) in [5, 5.41) is 2.71. The second-order valence-electron chi connectivity index (χ2n) is 3.86. The molecule has 2 saturated heterocycles. The minimum Gasteiger partial charge on any atom is -0.354 e. The van der Waals surface area contributed by atoms with E-state index in [9.17, 15) is 9.59 Å². The smallest absolute Gasteiger partial charge is 0.228 e. The van der Waals surface area contributed by atoms with Gasteiger partial charge < -0.3 is 10.2 Å². The van der Waals surface area contributed by atoms with Gasteiger partial charge in [-0.3, -0.25) is 9.59 Å². The molecule has 0 aliphatic carbocycles. The van der Waals surface area contributed by atoms with Crippen molar-refractivity contribution in [3.63, 3.8) is 0 Å². The minimum atomic E-state index is -0.331. The quantitative estimate of drug-likeness (QED) is 0.568. The number of carbonyl (C=O) groups is 2. The normalized spacial score (nSPS) is 33.2. The number of nitrogens with zero attached hydrogens (tertiary/aromatic N) is 1. The van der Waals surface area contributed by atoms with E-state index in [0.29, 0.717) is 13.0 Å². The first kappa shape index (κ1) is 8.53. The first-order valence-electron chi connectivity index (χ1n) is 4.74. The Hall–Kier alpha value is -1.06. The Morgan fingerprint density at radius 2 is 2.31 bits per heavy atom. The first-order valence-corrected chi connectivity index (χ1v) is 4.74. The molecule has 0 aromatic rings. The van der Waals surface area contributed by atoms with Gasteiger partial charge in [0.05, 0.1) is 5.41 Å². The molecule has 2 heterocycles. The Balaban J connectivity index is 2.07. The summed E-state index contributed by atoms with van der Waals surface area (Å²) in [6, 6.07) is 0. The van der Waals surface area contributed by atoms with Crippen molar-refractivity contribution in [1.82, 2.24) is 10.2 Å². The topological polar surface area (TPSA) is 49.4 Å². The first-order chi connectivity index (χ1) is 6.18. The summed E-state index contributed by atoms with van der Waals surface area (Å²) >= 11 is 0. The van der Waals surface area contributed by atoms with Gasteiger partial charge in [0.25, 0.3) is 0 Å². The zero-order valence-corrected chi connectivity index (χ0v) is 7.80. The zero-order chi connectivity index (χ0) is 9.47. The average Bonchev–Trinajstić information content (AvgIpc) is 2.15. The molecular weight excluding hydrogens is 168 g/mol. The van der Waals surface area contributed by atoms with Crippen LogP contribution in [0.4, 0.5) is 0 Å². The summed E-state index contributed by atoms with van der Waals surface area (Å²) in [5.41, 5.74) is -0.331. The molecule has 1 N–H and O–H groups in total. The lowest BCUT2D eigenvalue weighted by Gasteiger charge is -2.45. The molecule has 0 aromatic carbocycles. The maximum absolute atomic E-state index is 11.5.